The Hall–Kier alpha value is -1.29. The summed E-state index contributed by atoms with van der Waals surface area (Å²) in [5, 5.41) is 0. The Kier molecular flexibility index (Phi) is 5.02. The number of hydrogen-bond acceptors (Lipinski definition) is 3. The fourth-order valence-corrected chi connectivity index (χ4v) is 2.87. The maximum Gasteiger partial charge on any atom is 0.257 e. The van der Waals surface area contributed by atoms with Gasteiger partial charge in [0.15, 0.2) is 0 Å². The second kappa shape index (κ2) is 6.75. The molecule has 106 valence electrons. The number of rotatable bonds is 5. The van der Waals surface area contributed by atoms with Crippen LogP contribution in [0.2, 0.25) is 0 Å². The second-order valence-electron chi connectivity index (χ2n) is 5.32. The molecule has 1 aliphatic rings. The third-order valence-electron chi connectivity index (χ3n) is 3.97. The van der Waals surface area contributed by atoms with Crippen molar-refractivity contribution in [3.63, 3.8) is 0 Å². The maximum absolute atomic E-state index is 12.7. The second-order valence-corrected chi connectivity index (χ2v) is 5.32. The average Bonchev–Trinajstić information content (AvgIpc) is 2.86. The van der Waals surface area contributed by atoms with Crippen molar-refractivity contribution in [3.05, 3.63) is 23.7 Å². The standard InChI is InChI=1S/C15H24N2O2/c1-12-14(8-11-19-12)15(18)17(10-5-9-16)13-6-3-2-4-7-13/h8,11,13H,2-7,9-10,16H2,1H3. The van der Waals surface area contributed by atoms with E-state index in [-0.39, 0.29) is 5.91 Å². The molecule has 19 heavy (non-hydrogen) atoms. The van der Waals surface area contributed by atoms with E-state index in [1.54, 1.807) is 12.3 Å². The molecular weight excluding hydrogens is 240 g/mol. The summed E-state index contributed by atoms with van der Waals surface area (Å²) in [6.07, 6.45) is 8.42. The monoisotopic (exact) mass is 264 g/mol. The van der Waals surface area contributed by atoms with Crippen LogP contribution < -0.4 is 5.73 Å². The molecule has 0 radical (unpaired) electrons. The van der Waals surface area contributed by atoms with Crippen molar-refractivity contribution in [2.24, 2.45) is 5.73 Å². The molecule has 2 N–H and O–H groups in total. The Morgan fingerprint density at radius 2 is 2.16 bits per heavy atom. The van der Waals surface area contributed by atoms with E-state index < -0.39 is 0 Å². The number of amides is 1. The molecule has 1 aliphatic carbocycles. The lowest BCUT2D eigenvalue weighted by atomic mass is 9.93. The van der Waals surface area contributed by atoms with Crippen molar-refractivity contribution in [2.75, 3.05) is 13.1 Å². The Labute approximate surface area is 114 Å². The Morgan fingerprint density at radius 1 is 1.42 bits per heavy atom. The van der Waals surface area contributed by atoms with Crippen LogP contribution in [0.5, 0.6) is 0 Å². The van der Waals surface area contributed by atoms with E-state index in [0.717, 1.165) is 25.8 Å². The van der Waals surface area contributed by atoms with Gasteiger partial charge in [0.25, 0.3) is 5.91 Å². The van der Waals surface area contributed by atoms with E-state index in [1.165, 1.54) is 19.3 Å². The van der Waals surface area contributed by atoms with Crippen molar-refractivity contribution in [1.29, 1.82) is 0 Å². The maximum atomic E-state index is 12.7. The number of carbonyl (C=O) groups is 1. The summed E-state index contributed by atoms with van der Waals surface area (Å²) in [7, 11) is 0. The number of furan rings is 1. The van der Waals surface area contributed by atoms with Crippen molar-refractivity contribution >= 4 is 5.91 Å². The highest BCUT2D eigenvalue weighted by molar-refractivity contribution is 5.95. The van der Waals surface area contributed by atoms with E-state index in [1.807, 2.05) is 11.8 Å². The largest absolute Gasteiger partial charge is 0.469 e. The van der Waals surface area contributed by atoms with Crippen molar-refractivity contribution in [2.45, 2.75) is 51.5 Å². The molecule has 1 fully saturated rings. The van der Waals surface area contributed by atoms with Gasteiger partial charge in [-0.05, 0) is 38.8 Å². The van der Waals surface area contributed by atoms with Gasteiger partial charge in [-0.1, -0.05) is 19.3 Å². The zero-order chi connectivity index (χ0) is 13.7. The van der Waals surface area contributed by atoms with E-state index in [2.05, 4.69) is 0 Å². The van der Waals surface area contributed by atoms with E-state index in [0.29, 0.717) is 23.9 Å². The van der Waals surface area contributed by atoms with E-state index in [9.17, 15) is 4.79 Å². The molecule has 1 aromatic heterocycles. The van der Waals surface area contributed by atoms with Crippen molar-refractivity contribution in [1.82, 2.24) is 4.90 Å². The molecule has 0 spiro atoms. The van der Waals surface area contributed by atoms with Crippen LogP contribution in [0.1, 0.15) is 54.6 Å². The fraction of sp³-hybridized carbons (Fsp3) is 0.667. The average molecular weight is 264 g/mol. The van der Waals surface area contributed by atoms with Gasteiger partial charge >= 0.3 is 0 Å². The van der Waals surface area contributed by atoms with Crippen LogP contribution in [0.15, 0.2) is 16.7 Å². The molecule has 2 rings (SSSR count). The first-order valence-corrected chi connectivity index (χ1v) is 7.29. The number of nitrogens with two attached hydrogens (primary N) is 1. The number of hydrogen-bond donors (Lipinski definition) is 1. The first-order chi connectivity index (χ1) is 9.24. The smallest absolute Gasteiger partial charge is 0.257 e. The zero-order valence-corrected chi connectivity index (χ0v) is 11.7. The molecule has 0 atom stereocenters. The number of carbonyl (C=O) groups excluding carboxylic acids is 1. The van der Waals surface area contributed by atoms with Gasteiger partial charge in [0, 0.05) is 12.6 Å². The minimum absolute atomic E-state index is 0.103. The summed E-state index contributed by atoms with van der Waals surface area (Å²) >= 11 is 0. The van der Waals surface area contributed by atoms with Gasteiger partial charge in [-0.25, -0.2) is 0 Å². The molecule has 1 aromatic rings. The third kappa shape index (κ3) is 3.38. The molecule has 1 saturated carbocycles. The van der Waals surface area contributed by atoms with Gasteiger partial charge in [-0.15, -0.1) is 0 Å². The van der Waals surface area contributed by atoms with Crippen LogP contribution in [0, 0.1) is 6.92 Å². The molecule has 0 unspecified atom stereocenters. The Morgan fingerprint density at radius 3 is 2.74 bits per heavy atom. The van der Waals surface area contributed by atoms with Crippen LogP contribution >= 0.6 is 0 Å². The Bertz CT molecular complexity index is 408. The molecule has 4 heteroatoms. The van der Waals surface area contributed by atoms with Gasteiger partial charge in [0.2, 0.25) is 0 Å². The summed E-state index contributed by atoms with van der Waals surface area (Å²) < 4.78 is 5.26. The molecule has 4 nitrogen and oxygen atoms in total. The van der Waals surface area contributed by atoms with Crippen LogP contribution in [-0.2, 0) is 0 Å². The van der Waals surface area contributed by atoms with Gasteiger partial charge in [0.05, 0.1) is 11.8 Å². The predicted octanol–water partition coefficient (Wildman–Crippen LogP) is 2.71. The van der Waals surface area contributed by atoms with Crippen LogP contribution in [0.4, 0.5) is 0 Å². The third-order valence-corrected chi connectivity index (χ3v) is 3.97. The summed E-state index contributed by atoms with van der Waals surface area (Å²) in [5.74, 6) is 0.810. The van der Waals surface area contributed by atoms with E-state index in [4.69, 9.17) is 10.2 Å². The van der Waals surface area contributed by atoms with Gasteiger partial charge in [-0.3, -0.25) is 4.79 Å². The first kappa shape index (κ1) is 14.1. The quantitative estimate of drug-likeness (QED) is 0.889. The van der Waals surface area contributed by atoms with Gasteiger partial charge in [0.1, 0.15) is 5.76 Å². The molecule has 1 heterocycles. The minimum atomic E-state index is 0.103. The van der Waals surface area contributed by atoms with Crippen LogP contribution in [-0.4, -0.2) is 29.9 Å². The van der Waals surface area contributed by atoms with E-state index >= 15 is 0 Å². The molecule has 0 aliphatic heterocycles. The summed E-state index contributed by atoms with van der Waals surface area (Å²) in [6, 6.07) is 2.15. The summed E-state index contributed by atoms with van der Waals surface area (Å²) in [5.41, 5.74) is 6.30. The zero-order valence-electron chi connectivity index (χ0n) is 11.7. The minimum Gasteiger partial charge on any atom is -0.469 e. The highest BCUT2D eigenvalue weighted by Gasteiger charge is 2.27. The van der Waals surface area contributed by atoms with Gasteiger partial charge in [-0.2, -0.15) is 0 Å². The van der Waals surface area contributed by atoms with Gasteiger partial charge < -0.3 is 15.1 Å². The normalized spacial score (nSPS) is 16.5. The van der Waals surface area contributed by atoms with Crippen molar-refractivity contribution in [3.8, 4) is 0 Å². The highest BCUT2D eigenvalue weighted by atomic mass is 16.3. The van der Waals surface area contributed by atoms with Crippen molar-refractivity contribution < 1.29 is 9.21 Å². The summed E-state index contributed by atoms with van der Waals surface area (Å²) in [4.78, 5) is 14.7. The molecule has 0 bridgehead atoms. The van der Waals surface area contributed by atoms with Crippen LogP contribution in [0.3, 0.4) is 0 Å². The fourth-order valence-electron chi connectivity index (χ4n) is 2.87. The lowest BCUT2D eigenvalue weighted by molar-refractivity contribution is 0.0631. The first-order valence-electron chi connectivity index (χ1n) is 7.29. The Balaban J connectivity index is 2.12. The molecular formula is C15H24N2O2. The predicted molar refractivity (Wildman–Crippen MR) is 75.0 cm³/mol. The number of nitrogens with zero attached hydrogens (tertiary/aromatic N) is 1. The highest BCUT2D eigenvalue weighted by Crippen LogP contribution is 2.25. The topological polar surface area (TPSA) is 59.5 Å². The summed E-state index contributed by atoms with van der Waals surface area (Å²) in [6.45, 7) is 3.22. The molecule has 1 amide bonds. The SMILES string of the molecule is Cc1occc1C(=O)N(CCCN)C1CCCCC1. The van der Waals surface area contributed by atoms with Crippen LogP contribution in [0.25, 0.3) is 0 Å². The lowest BCUT2D eigenvalue weighted by Crippen LogP contribution is -2.42. The molecule has 0 saturated heterocycles. The lowest BCUT2D eigenvalue weighted by Gasteiger charge is -2.34. The number of aryl methyl sites for hydroxylation is 1. The molecule has 0 aromatic carbocycles.